The summed E-state index contributed by atoms with van der Waals surface area (Å²) < 4.78 is 13.9. The standard InChI is InChI=1S/C64H123N3O4/c1-7-12-17-20-21-22-23-24-25-30-35-42-53-67(54-43-52-66-55-59(6)65-58-66)62(48-38-31-26-28-33-40-50-63(68)70-56-60(44-15-10-4)46-36-18-13-8-2)49-39-32-27-29-34-41-51-64(69)71-57-61(45-16-11-5)47-37-19-14-9-3/h55,58,60-62H,7-54,56-57H2,1-6H3. The van der Waals surface area contributed by atoms with Gasteiger partial charge in [0, 0.05) is 38.2 Å². The molecule has 0 aliphatic heterocycles. The van der Waals surface area contributed by atoms with Crippen LogP contribution in [0.25, 0.3) is 0 Å². The number of esters is 2. The number of ether oxygens (including phenoxy) is 2. The molecule has 0 aromatic carbocycles. The number of rotatable bonds is 56. The van der Waals surface area contributed by atoms with Crippen LogP contribution in [0.5, 0.6) is 0 Å². The fourth-order valence-electron chi connectivity index (χ4n) is 10.8. The number of aryl methyl sites for hydroxylation is 2. The quantitative estimate of drug-likeness (QED) is 0.0478. The maximum atomic E-state index is 12.7. The highest BCUT2D eigenvalue weighted by molar-refractivity contribution is 5.69. The van der Waals surface area contributed by atoms with Crippen molar-refractivity contribution in [1.82, 2.24) is 14.5 Å². The zero-order valence-electron chi connectivity index (χ0n) is 48.7. The summed E-state index contributed by atoms with van der Waals surface area (Å²) in [5.41, 5.74) is 1.11. The summed E-state index contributed by atoms with van der Waals surface area (Å²) in [5, 5.41) is 0. The summed E-state index contributed by atoms with van der Waals surface area (Å²) in [6, 6.07) is 0.650. The van der Waals surface area contributed by atoms with Crippen LogP contribution in [0.3, 0.4) is 0 Å². The average molecular weight is 999 g/mol. The molecule has 1 heterocycles. The Morgan fingerprint density at radius 2 is 0.775 bits per heavy atom. The SMILES string of the molecule is CCCCCCCCCCCCCCN(CCCn1cnc(C)c1)C(CCCCCCCCC(=O)OCC(CCCC)CCCCCC)CCCCCCCCC(=O)OCC(CCCC)CCCCCC. The second-order valence-corrected chi connectivity index (χ2v) is 22.6. The minimum atomic E-state index is 0.0221. The highest BCUT2D eigenvalue weighted by Crippen LogP contribution is 2.23. The molecule has 0 aliphatic rings. The third-order valence-corrected chi connectivity index (χ3v) is 15.6. The number of nitrogens with zero attached hydrogens (tertiary/aromatic N) is 3. The monoisotopic (exact) mass is 998 g/mol. The van der Waals surface area contributed by atoms with Crippen LogP contribution < -0.4 is 0 Å². The van der Waals surface area contributed by atoms with Gasteiger partial charge in [-0.15, -0.1) is 0 Å². The molecule has 0 spiro atoms. The summed E-state index contributed by atoms with van der Waals surface area (Å²) >= 11 is 0. The van der Waals surface area contributed by atoms with E-state index in [1.807, 2.05) is 6.33 Å². The normalized spacial score (nSPS) is 13.0. The van der Waals surface area contributed by atoms with Gasteiger partial charge in [0.05, 0.1) is 25.2 Å². The molecule has 0 amide bonds. The van der Waals surface area contributed by atoms with Gasteiger partial charge in [-0.2, -0.15) is 0 Å². The van der Waals surface area contributed by atoms with Crippen molar-refractivity contribution in [3.63, 3.8) is 0 Å². The van der Waals surface area contributed by atoms with Crippen LogP contribution in [0.1, 0.15) is 329 Å². The predicted molar refractivity (Wildman–Crippen MR) is 307 cm³/mol. The number of hydrogen-bond donors (Lipinski definition) is 0. The first-order chi connectivity index (χ1) is 34.9. The lowest BCUT2D eigenvalue weighted by molar-refractivity contribution is -0.146. The molecule has 1 aromatic heterocycles. The lowest BCUT2D eigenvalue weighted by Crippen LogP contribution is -2.37. The van der Waals surface area contributed by atoms with E-state index in [1.165, 1.54) is 264 Å². The van der Waals surface area contributed by atoms with Crippen LogP contribution in [-0.4, -0.2) is 58.7 Å². The van der Waals surface area contributed by atoms with Gasteiger partial charge in [-0.25, -0.2) is 4.98 Å². The summed E-state index contributed by atoms with van der Waals surface area (Å²) in [6.07, 6.45) is 60.2. The number of imidazole rings is 1. The van der Waals surface area contributed by atoms with Crippen molar-refractivity contribution < 1.29 is 19.1 Å². The lowest BCUT2D eigenvalue weighted by atomic mass is 9.96. The van der Waals surface area contributed by atoms with Crippen LogP contribution >= 0.6 is 0 Å². The second-order valence-electron chi connectivity index (χ2n) is 22.6. The Bertz CT molecular complexity index is 1210. The van der Waals surface area contributed by atoms with Gasteiger partial charge in [-0.3, -0.25) is 9.59 Å². The van der Waals surface area contributed by atoms with Crippen LogP contribution in [0.15, 0.2) is 12.5 Å². The van der Waals surface area contributed by atoms with Gasteiger partial charge in [-0.1, -0.05) is 247 Å². The molecule has 0 aliphatic carbocycles. The molecule has 0 saturated carbocycles. The number of hydrogen-bond acceptors (Lipinski definition) is 6. The van der Waals surface area contributed by atoms with E-state index in [1.54, 1.807) is 0 Å². The summed E-state index contributed by atoms with van der Waals surface area (Å²) in [5.74, 6) is 1.12. The van der Waals surface area contributed by atoms with Crippen LogP contribution in [-0.2, 0) is 25.6 Å². The van der Waals surface area contributed by atoms with E-state index in [0.29, 0.717) is 43.9 Å². The van der Waals surface area contributed by atoms with Crippen molar-refractivity contribution in [1.29, 1.82) is 0 Å². The van der Waals surface area contributed by atoms with Gasteiger partial charge < -0.3 is 18.9 Å². The minimum absolute atomic E-state index is 0.0221. The molecule has 2 atom stereocenters. The van der Waals surface area contributed by atoms with E-state index < -0.39 is 0 Å². The lowest BCUT2D eigenvalue weighted by Gasteiger charge is -2.32. The molecule has 418 valence electrons. The summed E-state index contributed by atoms with van der Waals surface area (Å²) in [6.45, 7) is 18.2. The molecule has 0 fully saturated rings. The smallest absolute Gasteiger partial charge is 0.305 e. The molecule has 2 unspecified atom stereocenters. The molecular weight excluding hydrogens is 875 g/mol. The molecule has 0 saturated heterocycles. The zero-order chi connectivity index (χ0) is 51.5. The number of carbonyl (C=O) groups is 2. The molecule has 71 heavy (non-hydrogen) atoms. The Morgan fingerprint density at radius 1 is 0.437 bits per heavy atom. The van der Waals surface area contributed by atoms with Crippen molar-refractivity contribution in [2.24, 2.45) is 11.8 Å². The van der Waals surface area contributed by atoms with E-state index in [-0.39, 0.29) is 11.9 Å². The van der Waals surface area contributed by atoms with Crippen molar-refractivity contribution in [2.75, 3.05) is 26.3 Å². The first kappa shape index (κ1) is 67.1. The summed E-state index contributed by atoms with van der Waals surface area (Å²) in [7, 11) is 0. The van der Waals surface area contributed by atoms with E-state index in [9.17, 15) is 9.59 Å². The van der Waals surface area contributed by atoms with Gasteiger partial charge in [0.1, 0.15) is 0 Å². The van der Waals surface area contributed by atoms with Crippen molar-refractivity contribution in [2.45, 2.75) is 343 Å². The predicted octanol–water partition coefficient (Wildman–Crippen LogP) is 19.8. The molecule has 1 rings (SSSR count). The molecule has 0 N–H and O–H groups in total. The average Bonchev–Trinajstić information content (AvgIpc) is 3.80. The Balaban J connectivity index is 2.67. The van der Waals surface area contributed by atoms with Crippen molar-refractivity contribution in [3.05, 3.63) is 18.2 Å². The Labute approximate surface area is 443 Å². The van der Waals surface area contributed by atoms with Crippen LogP contribution in [0.4, 0.5) is 0 Å². The van der Waals surface area contributed by atoms with Crippen molar-refractivity contribution >= 4 is 11.9 Å². The number of carbonyl (C=O) groups excluding carboxylic acids is 2. The number of aromatic nitrogens is 2. The van der Waals surface area contributed by atoms with E-state index >= 15 is 0 Å². The van der Waals surface area contributed by atoms with Gasteiger partial charge >= 0.3 is 11.9 Å². The first-order valence-corrected chi connectivity index (χ1v) is 31.9. The van der Waals surface area contributed by atoms with Gasteiger partial charge in [0.2, 0.25) is 0 Å². The molecule has 1 aromatic rings. The molecular formula is C64H123N3O4. The van der Waals surface area contributed by atoms with E-state index in [4.69, 9.17) is 9.47 Å². The Kier molecular flexibility index (Phi) is 48.8. The molecule has 0 bridgehead atoms. The molecule has 7 nitrogen and oxygen atoms in total. The van der Waals surface area contributed by atoms with Gasteiger partial charge in [0.15, 0.2) is 0 Å². The second kappa shape index (κ2) is 51.6. The van der Waals surface area contributed by atoms with Crippen LogP contribution in [0, 0.1) is 18.8 Å². The fraction of sp³-hybridized carbons (Fsp3) is 0.922. The van der Waals surface area contributed by atoms with Gasteiger partial charge in [-0.05, 0) is 89.5 Å². The van der Waals surface area contributed by atoms with Crippen molar-refractivity contribution in [3.8, 4) is 0 Å². The third kappa shape index (κ3) is 43.1. The first-order valence-electron chi connectivity index (χ1n) is 31.9. The fourth-order valence-corrected chi connectivity index (χ4v) is 10.8. The molecule has 7 heteroatoms. The Morgan fingerprint density at radius 3 is 1.18 bits per heavy atom. The Hall–Kier alpha value is -1.89. The highest BCUT2D eigenvalue weighted by atomic mass is 16.5. The van der Waals surface area contributed by atoms with Crippen LogP contribution in [0.2, 0.25) is 0 Å². The highest BCUT2D eigenvalue weighted by Gasteiger charge is 2.19. The van der Waals surface area contributed by atoms with E-state index in [0.717, 1.165) is 37.9 Å². The minimum Gasteiger partial charge on any atom is -0.465 e. The zero-order valence-corrected chi connectivity index (χ0v) is 48.7. The molecule has 0 radical (unpaired) electrons. The van der Waals surface area contributed by atoms with E-state index in [2.05, 4.69) is 62.2 Å². The van der Waals surface area contributed by atoms with Gasteiger partial charge in [0.25, 0.3) is 0 Å². The largest absolute Gasteiger partial charge is 0.465 e. The summed E-state index contributed by atoms with van der Waals surface area (Å²) in [4.78, 5) is 32.8. The third-order valence-electron chi connectivity index (χ3n) is 15.6. The number of unbranched alkanes of at least 4 members (excludes halogenated alkanes) is 29. The topological polar surface area (TPSA) is 73.7 Å². The maximum absolute atomic E-state index is 12.7. The maximum Gasteiger partial charge on any atom is 0.305 e.